The van der Waals surface area contributed by atoms with E-state index < -0.39 is 0 Å². The summed E-state index contributed by atoms with van der Waals surface area (Å²) in [4.78, 5) is 0. The Bertz CT molecular complexity index is 428. The molecule has 4 saturated carbocycles. The molecule has 0 aliphatic heterocycles. The van der Waals surface area contributed by atoms with E-state index in [0.29, 0.717) is 0 Å². The lowest BCUT2D eigenvalue weighted by atomic mass is 9.74. The zero-order valence-electron chi connectivity index (χ0n) is 31.6. The smallest absolute Gasteiger partial charge is 0.0386 e. The predicted octanol–water partition coefficient (Wildman–Crippen LogP) is 15.5. The van der Waals surface area contributed by atoms with Gasteiger partial charge < -0.3 is 0 Å². The highest BCUT2D eigenvalue weighted by Crippen LogP contribution is 2.37. The van der Waals surface area contributed by atoms with E-state index in [1.54, 1.807) is 25.7 Å². The second-order valence-corrected chi connectivity index (χ2v) is 15.6. The number of rotatable bonds is 1. The van der Waals surface area contributed by atoms with Crippen molar-refractivity contribution in [1.29, 1.82) is 0 Å². The van der Waals surface area contributed by atoms with Crippen molar-refractivity contribution in [1.82, 2.24) is 0 Å². The van der Waals surface area contributed by atoms with E-state index in [0.717, 1.165) is 47.3 Å². The number of hydrogen-bond acceptors (Lipinski definition) is 0. The van der Waals surface area contributed by atoms with Crippen LogP contribution in [0.25, 0.3) is 0 Å². The molecule has 0 atom stereocenters. The van der Waals surface area contributed by atoms with Gasteiger partial charge in [0.25, 0.3) is 0 Å². The Morgan fingerprint density at radius 3 is 0.476 bits per heavy atom. The van der Waals surface area contributed by atoms with E-state index in [1.165, 1.54) is 128 Å². The Morgan fingerprint density at radius 1 is 0.214 bits per heavy atom. The van der Waals surface area contributed by atoms with E-state index in [-0.39, 0.29) is 0 Å². The first-order valence-corrected chi connectivity index (χ1v) is 20.3. The van der Waals surface area contributed by atoms with Crippen molar-refractivity contribution in [3.8, 4) is 0 Å². The van der Waals surface area contributed by atoms with Crippen LogP contribution in [0.4, 0.5) is 0 Å². The van der Waals surface area contributed by atoms with Crippen LogP contribution in [-0.2, 0) is 0 Å². The molecule has 0 radical (unpaired) electrons. The van der Waals surface area contributed by atoms with Crippen molar-refractivity contribution >= 4 is 0 Å². The first kappa shape index (κ1) is 42.0. The molecule has 0 N–H and O–H groups in total. The zero-order chi connectivity index (χ0) is 31.6. The van der Waals surface area contributed by atoms with Crippen LogP contribution >= 0.6 is 0 Å². The van der Waals surface area contributed by atoms with E-state index in [1.807, 2.05) is 27.7 Å². The molecule has 0 bridgehead atoms. The Morgan fingerprint density at radius 2 is 0.333 bits per heavy atom. The monoisotopic (exact) mass is 591 g/mol. The Labute approximate surface area is 270 Å². The van der Waals surface area contributed by atoms with Gasteiger partial charge in [-0.15, -0.1) is 0 Å². The molecule has 4 aliphatic carbocycles. The third-order valence-electron chi connectivity index (χ3n) is 11.3. The maximum Gasteiger partial charge on any atom is -0.0386 e. The highest BCUT2D eigenvalue weighted by molar-refractivity contribution is 4.76. The van der Waals surface area contributed by atoms with Crippen LogP contribution in [-0.4, -0.2) is 0 Å². The molecule has 4 fully saturated rings. The molecule has 0 aromatic heterocycles. The second kappa shape index (κ2) is 28.5. The molecular weight excluding hydrogens is 504 g/mol. The maximum atomic E-state index is 2.46. The van der Waals surface area contributed by atoms with Gasteiger partial charge in [0, 0.05) is 0 Å². The molecule has 0 aromatic carbocycles. The lowest BCUT2D eigenvalue weighted by Crippen LogP contribution is -2.19. The summed E-state index contributed by atoms with van der Waals surface area (Å²) in [5.41, 5.74) is 0. The summed E-state index contributed by atoms with van der Waals surface area (Å²) in [6, 6.07) is 0. The number of hydrogen-bond donors (Lipinski definition) is 0. The predicted molar refractivity (Wildman–Crippen MR) is 195 cm³/mol. The summed E-state index contributed by atoms with van der Waals surface area (Å²) in [5, 5.41) is 0. The molecule has 4 aliphatic rings. The third kappa shape index (κ3) is 22.5. The van der Waals surface area contributed by atoms with Crippen molar-refractivity contribution in [3.63, 3.8) is 0 Å². The van der Waals surface area contributed by atoms with Gasteiger partial charge in [0.05, 0.1) is 0 Å². The summed E-state index contributed by atoms with van der Waals surface area (Å²) in [6.45, 7) is 22.5. The first-order valence-electron chi connectivity index (χ1n) is 20.3. The third-order valence-corrected chi connectivity index (χ3v) is 11.3. The summed E-state index contributed by atoms with van der Waals surface area (Å²) in [5.74, 6) is 8.21. The van der Waals surface area contributed by atoms with E-state index in [4.69, 9.17) is 0 Å². The lowest BCUT2D eigenvalue weighted by Gasteiger charge is -2.32. The first-order chi connectivity index (χ1) is 20.3. The van der Waals surface area contributed by atoms with Crippen LogP contribution in [0.1, 0.15) is 223 Å². The van der Waals surface area contributed by atoms with Gasteiger partial charge in [0.1, 0.15) is 0 Å². The molecule has 0 heterocycles. The summed E-state index contributed by atoms with van der Waals surface area (Å²) < 4.78 is 0. The van der Waals surface area contributed by atoms with E-state index in [2.05, 4.69) is 41.5 Å². The van der Waals surface area contributed by atoms with Gasteiger partial charge in [0.15, 0.2) is 0 Å². The average molecular weight is 591 g/mol. The van der Waals surface area contributed by atoms with Crippen LogP contribution in [0.5, 0.6) is 0 Å². The van der Waals surface area contributed by atoms with E-state index >= 15 is 0 Å². The Kier molecular flexibility index (Phi) is 28.5. The minimum absolute atomic E-state index is 1.00. The molecule has 0 nitrogen and oxygen atoms in total. The Hall–Kier alpha value is 0. The van der Waals surface area contributed by atoms with Crippen LogP contribution < -0.4 is 0 Å². The molecule has 4 rings (SSSR count). The van der Waals surface area contributed by atoms with Crippen molar-refractivity contribution in [3.05, 3.63) is 0 Å². The molecule has 42 heavy (non-hydrogen) atoms. The molecular formula is C42H86. The molecule has 254 valence electrons. The van der Waals surface area contributed by atoms with Crippen LogP contribution in [0, 0.1) is 47.3 Å². The van der Waals surface area contributed by atoms with Crippen LogP contribution in [0.15, 0.2) is 0 Å². The van der Waals surface area contributed by atoms with Gasteiger partial charge in [-0.05, 0) is 47.3 Å². The highest BCUT2D eigenvalue weighted by Gasteiger charge is 2.24. The topological polar surface area (TPSA) is 0 Å². The SMILES string of the molecule is CC.CC.CC1CCCC(C)CCC1.CC1CCCC(C)CCC1.CC1CCCC(C2CCCC(C)CCC2)CCC1. The molecule has 0 heteroatoms. The fourth-order valence-corrected chi connectivity index (χ4v) is 8.27. The molecule has 0 saturated heterocycles. The second-order valence-electron chi connectivity index (χ2n) is 15.6. The van der Waals surface area contributed by atoms with Gasteiger partial charge >= 0.3 is 0 Å². The van der Waals surface area contributed by atoms with Crippen LogP contribution in [0.2, 0.25) is 0 Å². The fraction of sp³-hybridized carbons (Fsp3) is 1.00. The molecule has 0 amide bonds. The van der Waals surface area contributed by atoms with Gasteiger partial charge in [-0.1, -0.05) is 223 Å². The highest BCUT2D eigenvalue weighted by atomic mass is 14.3. The van der Waals surface area contributed by atoms with Crippen LogP contribution in [0.3, 0.4) is 0 Å². The molecule has 0 spiro atoms. The fourth-order valence-electron chi connectivity index (χ4n) is 8.27. The minimum Gasteiger partial charge on any atom is -0.0683 e. The lowest BCUT2D eigenvalue weighted by molar-refractivity contribution is 0.201. The summed E-state index contributed by atoms with van der Waals surface area (Å²) >= 11 is 0. The van der Waals surface area contributed by atoms with Crippen molar-refractivity contribution in [2.24, 2.45) is 47.3 Å². The minimum atomic E-state index is 1.00. The normalized spacial score (nSPS) is 35.0. The maximum absolute atomic E-state index is 2.46. The molecule has 0 unspecified atom stereocenters. The Balaban J connectivity index is 0.000000601. The average Bonchev–Trinajstić information content (AvgIpc) is 2.94. The van der Waals surface area contributed by atoms with Crippen molar-refractivity contribution in [2.45, 2.75) is 223 Å². The quantitative estimate of drug-likeness (QED) is 0.285. The van der Waals surface area contributed by atoms with Gasteiger partial charge in [-0.2, -0.15) is 0 Å². The standard InChI is InChI=1S/C18H34.2C10H20.2C2H6/c1-15-7-3-11-17(12-4-8-15)18-13-5-9-16(2)10-6-14-18;2*1-9-5-3-7-10(2)8-4-6-9;2*1-2/h15-18H,3-14H2,1-2H3;2*9-10H,3-8H2,1-2H3;2*1-2H3. The van der Waals surface area contributed by atoms with Gasteiger partial charge in [-0.3, -0.25) is 0 Å². The zero-order valence-corrected chi connectivity index (χ0v) is 31.6. The van der Waals surface area contributed by atoms with E-state index in [9.17, 15) is 0 Å². The van der Waals surface area contributed by atoms with Gasteiger partial charge in [0.2, 0.25) is 0 Å². The van der Waals surface area contributed by atoms with Gasteiger partial charge in [-0.25, -0.2) is 0 Å². The molecule has 0 aromatic rings. The largest absolute Gasteiger partial charge is 0.0683 e. The summed E-state index contributed by atoms with van der Waals surface area (Å²) in [7, 11) is 0. The van der Waals surface area contributed by atoms with Crippen molar-refractivity contribution in [2.75, 3.05) is 0 Å². The summed E-state index contributed by atoms with van der Waals surface area (Å²) in [6.07, 6.45) is 35.9. The van der Waals surface area contributed by atoms with Crippen molar-refractivity contribution < 1.29 is 0 Å².